The van der Waals surface area contributed by atoms with Gasteiger partial charge >= 0.3 is 13.8 Å². The van der Waals surface area contributed by atoms with Crippen LogP contribution in [0, 0.1) is 0 Å². The predicted octanol–water partition coefficient (Wildman–Crippen LogP) is 3.10. The number of ether oxygens (including phenoxy) is 5. The molecule has 266 valence electrons. The number of rotatable bonds is 13. The Morgan fingerprint density at radius 1 is 0.939 bits per heavy atom. The van der Waals surface area contributed by atoms with Gasteiger partial charge in [-0.15, -0.1) is 0 Å². The van der Waals surface area contributed by atoms with Gasteiger partial charge in [-0.25, -0.2) is 39.4 Å². The molecule has 2 aliphatic heterocycles. The largest absolute Gasteiger partial charge is 0.453 e. The first-order valence-corrected chi connectivity index (χ1v) is 17.4. The lowest BCUT2D eigenvalue weighted by Crippen LogP contribution is -2.35. The highest BCUT2D eigenvalue weighted by molar-refractivity contribution is 7.52. The summed E-state index contributed by atoms with van der Waals surface area (Å²) in [6.07, 6.45) is 1.30. The van der Waals surface area contributed by atoms with Gasteiger partial charge in [-0.05, 0) is 33.8 Å². The zero-order chi connectivity index (χ0) is 34.9. The maximum Gasteiger partial charge on any atom is 0.438 e. The molecule has 0 aliphatic carbocycles. The van der Waals surface area contributed by atoms with Crippen LogP contribution in [0.4, 0.5) is 16.3 Å². The van der Waals surface area contributed by atoms with Crippen molar-refractivity contribution < 1.29 is 42.1 Å². The number of pyridine rings is 1. The highest BCUT2D eigenvalue weighted by Crippen LogP contribution is 2.50. The third-order valence-electron chi connectivity index (χ3n) is 8.00. The first-order chi connectivity index (χ1) is 23.4. The third kappa shape index (κ3) is 7.62. The summed E-state index contributed by atoms with van der Waals surface area (Å²) in [7, 11) is -3.30. The number of hydrogen-bond donors (Lipinski definition) is 3. The molecule has 0 saturated carbocycles. The molecule has 0 radical (unpaired) electrons. The molecule has 6 heterocycles. The maximum absolute atomic E-state index is 14.3. The number of nitrogens with two attached hydrogens (primary N) is 2. The van der Waals surface area contributed by atoms with Gasteiger partial charge in [0.25, 0.3) is 0 Å². The third-order valence-corrected chi connectivity index (χ3v) is 9.49. The Hall–Kier alpha value is -3.97. The molecule has 2 saturated heterocycles. The Morgan fingerprint density at radius 2 is 1.59 bits per heavy atom. The first kappa shape index (κ1) is 34.9. The van der Waals surface area contributed by atoms with Gasteiger partial charge in [-0.2, -0.15) is 0 Å². The van der Waals surface area contributed by atoms with E-state index in [-0.39, 0.29) is 37.7 Å². The molecule has 4 aromatic heterocycles. The normalized spacial score (nSPS) is 25.4. The molecule has 19 nitrogen and oxygen atoms in total. The Labute approximate surface area is 281 Å². The number of methoxy groups -OCH3 is 1. The van der Waals surface area contributed by atoms with Gasteiger partial charge in [0.2, 0.25) is 0 Å². The molecule has 4 aromatic rings. The van der Waals surface area contributed by atoms with Gasteiger partial charge in [-0.3, -0.25) is 18.2 Å². The predicted molar refractivity (Wildman–Crippen MR) is 174 cm³/mol. The standard InChI is InChI=1S/C29H41N10O9P/c1-15(2)43-10-20-19(9-23(46-20)39-14-36-25-26(31)33-12-34-28(25)39)48-49(41,37-29(40)42-5)44-11-21-18(45-16(3)4)8-22(47-21)38-13-35-24-17(30)6-7-32-27(24)38/h6-7,12-16,18-23H,8-11H2,1-5H3,(H2,30,32)(H2,31,33,34)(H,37,40,41)/t18-,19-,20-,21-,22?,23?,49?/m1/s1. The van der Waals surface area contributed by atoms with Gasteiger partial charge in [0, 0.05) is 19.0 Å². The Balaban J connectivity index is 1.22. The van der Waals surface area contributed by atoms with E-state index in [9.17, 15) is 9.36 Å². The minimum Gasteiger partial charge on any atom is -0.453 e. The van der Waals surface area contributed by atoms with E-state index in [0.717, 1.165) is 7.11 Å². The Bertz CT molecular complexity index is 1820. The lowest BCUT2D eigenvalue weighted by Gasteiger charge is -2.27. The molecule has 0 spiro atoms. The van der Waals surface area contributed by atoms with Crippen LogP contribution in [0.1, 0.15) is 53.0 Å². The number of aromatic nitrogens is 7. The lowest BCUT2D eigenvalue weighted by molar-refractivity contribution is -0.0788. The summed E-state index contributed by atoms with van der Waals surface area (Å²) >= 11 is 0. The second-order valence-corrected chi connectivity index (χ2v) is 13.9. The van der Waals surface area contributed by atoms with Crippen LogP contribution in [0.2, 0.25) is 0 Å². The van der Waals surface area contributed by atoms with E-state index in [0.29, 0.717) is 34.4 Å². The van der Waals surface area contributed by atoms with E-state index in [2.05, 4.69) is 30.0 Å². The van der Waals surface area contributed by atoms with Crippen molar-refractivity contribution >= 4 is 47.7 Å². The lowest BCUT2D eigenvalue weighted by atomic mass is 10.2. The highest BCUT2D eigenvalue weighted by atomic mass is 31.2. The summed E-state index contributed by atoms with van der Waals surface area (Å²) < 4.78 is 59.3. The molecular weight excluding hydrogens is 663 g/mol. The van der Waals surface area contributed by atoms with Gasteiger partial charge in [-0.1, -0.05) is 0 Å². The molecule has 20 heteroatoms. The fraction of sp³-hybridized carbons (Fsp3) is 0.586. The molecule has 49 heavy (non-hydrogen) atoms. The molecule has 1 amide bonds. The number of hydrogen-bond acceptors (Lipinski definition) is 16. The van der Waals surface area contributed by atoms with Crippen LogP contribution in [0.25, 0.3) is 22.3 Å². The van der Waals surface area contributed by atoms with Crippen molar-refractivity contribution in [2.45, 2.75) is 89.6 Å². The van der Waals surface area contributed by atoms with E-state index >= 15 is 0 Å². The number of anilines is 2. The average molecular weight is 705 g/mol. The van der Waals surface area contributed by atoms with E-state index in [4.69, 9.17) is 44.2 Å². The Kier molecular flexibility index (Phi) is 10.3. The van der Waals surface area contributed by atoms with E-state index in [1.807, 2.05) is 27.7 Å². The fourth-order valence-electron chi connectivity index (χ4n) is 5.77. The van der Waals surface area contributed by atoms with Crippen LogP contribution in [0.3, 0.4) is 0 Å². The number of nitrogens with zero attached hydrogens (tertiary/aromatic N) is 7. The van der Waals surface area contributed by atoms with E-state index in [1.54, 1.807) is 27.7 Å². The van der Waals surface area contributed by atoms with Crippen LogP contribution >= 0.6 is 7.75 Å². The first-order valence-electron chi connectivity index (χ1n) is 15.8. The van der Waals surface area contributed by atoms with Gasteiger partial charge in [0.05, 0.1) is 57.0 Å². The monoisotopic (exact) mass is 704 g/mol. The van der Waals surface area contributed by atoms with Crippen molar-refractivity contribution in [3.8, 4) is 0 Å². The fourth-order valence-corrected chi connectivity index (χ4v) is 7.19. The number of nitrogens with one attached hydrogen (secondary N) is 1. The number of carbonyl (C=O) groups is 1. The summed E-state index contributed by atoms with van der Waals surface area (Å²) in [6.45, 7) is 7.36. The molecule has 2 aliphatic rings. The van der Waals surface area contributed by atoms with Crippen LogP contribution in [-0.4, -0.2) is 97.1 Å². The summed E-state index contributed by atoms with van der Waals surface area (Å²) in [5.74, 6) is 0.215. The second kappa shape index (κ2) is 14.5. The van der Waals surface area contributed by atoms with Crippen molar-refractivity contribution in [2.24, 2.45) is 0 Å². The average Bonchev–Trinajstić information content (AvgIpc) is 3.84. The van der Waals surface area contributed by atoms with Crippen molar-refractivity contribution in [3.05, 3.63) is 31.2 Å². The number of fused-ring (bicyclic) bond motifs is 2. The topological polar surface area (TPSA) is 237 Å². The summed E-state index contributed by atoms with van der Waals surface area (Å²) in [4.78, 5) is 33.9. The molecule has 7 atom stereocenters. The highest BCUT2D eigenvalue weighted by Gasteiger charge is 2.46. The minimum absolute atomic E-state index is 0.0932. The van der Waals surface area contributed by atoms with Crippen LogP contribution in [-0.2, 0) is 37.3 Å². The molecule has 5 N–H and O–H groups in total. The minimum atomic E-state index is -4.44. The van der Waals surface area contributed by atoms with Crippen molar-refractivity contribution in [1.82, 2.24) is 39.1 Å². The zero-order valence-corrected chi connectivity index (χ0v) is 28.6. The molecule has 3 unspecified atom stereocenters. The Morgan fingerprint density at radius 3 is 2.27 bits per heavy atom. The zero-order valence-electron chi connectivity index (χ0n) is 27.7. The number of nitrogen functional groups attached to an aromatic ring is 2. The maximum atomic E-state index is 14.3. The van der Waals surface area contributed by atoms with Gasteiger partial charge in [0.15, 0.2) is 17.1 Å². The SMILES string of the molecule is COC(=O)NP(=O)(OC[C@H]1OC(n2cnc3c(N)ccnc32)C[C@H]1OC(C)C)O[C@@H]1CC(n2cnc3c(N)ncnc32)O[C@@H]1COC(C)C. The van der Waals surface area contributed by atoms with Crippen molar-refractivity contribution in [3.63, 3.8) is 0 Å². The summed E-state index contributed by atoms with van der Waals surface area (Å²) in [5, 5.41) is 2.25. The van der Waals surface area contributed by atoms with Crippen molar-refractivity contribution in [2.75, 3.05) is 31.8 Å². The molecule has 0 bridgehead atoms. The smallest absolute Gasteiger partial charge is 0.438 e. The second-order valence-electron chi connectivity index (χ2n) is 12.2. The molecule has 0 aromatic carbocycles. The summed E-state index contributed by atoms with van der Waals surface area (Å²) in [6, 6.07) is 1.67. The molecule has 6 rings (SSSR count). The van der Waals surface area contributed by atoms with E-state index in [1.165, 1.54) is 12.7 Å². The van der Waals surface area contributed by atoms with E-state index < -0.39 is 50.7 Å². The quantitative estimate of drug-likeness (QED) is 0.169. The summed E-state index contributed by atoms with van der Waals surface area (Å²) in [5.41, 5.74) is 14.5. The number of amides is 1. The number of imidazole rings is 2. The van der Waals surface area contributed by atoms with Gasteiger partial charge < -0.3 is 35.2 Å². The van der Waals surface area contributed by atoms with Crippen molar-refractivity contribution in [1.29, 1.82) is 0 Å². The van der Waals surface area contributed by atoms with Crippen LogP contribution in [0.15, 0.2) is 31.2 Å². The molecule has 2 fully saturated rings. The number of carbonyl (C=O) groups excluding carboxylic acids is 1. The van der Waals surface area contributed by atoms with Crippen LogP contribution in [0.5, 0.6) is 0 Å². The molecular formula is C29H41N10O9P. The van der Waals surface area contributed by atoms with Gasteiger partial charge in [0.1, 0.15) is 48.1 Å². The van der Waals surface area contributed by atoms with Crippen LogP contribution < -0.4 is 16.6 Å².